The first-order valence-electron chi connectivity index (χ1n) is 9.16. The van der Waals surface area contributed by atoms with Crippen LogP contribution in [0.15, 0.2) is 60.8 Å². The zero-order valence-electron chi connectivity index (χ0n) is 14.8. The Kier molecular flexibility index (Phi) is 18.5. The van der Waals surface area contributed by atoms with E-state index in [4.69, 9.17) is 0 Å². The average Bonchev–Trinajstić information content (AvgIpc) is 2.54. The molecule has 0 aromatic carbocycles. The van der Waals surface area contributed by atoms with Crippen LogP contribution in [0.4, 0.5) is 0 Å². The minimum Gasteiger partial charge on any atom is -0.0888 e. The van der Waals surface area contributed by atoms with E-state index in [1.807, 2.05) is 0 Å². The number of rotatable bonds is 14. The Labute approximate surface area is 139 Å². The molecule has 0 saturated carbocycles. The molecule has 0 aromatic rings. The molecule has 124 valence electrons. The van der Waals surface area contributed by atoms with Crippen molar-refractivity contribution < 1.29 is 0 Å². The van der Waals surface area contributed by atoms with Gasteiger partial charge in [0.2, 0.25) is 0 Å². The van der Waals surface area contributed by atoms with Gasteiger partial charge in [0.15, 0.2) is 0 Å². The van der Waals surface area contributed by atoms with Gasteiger partial charge in [-0.25, -0.2) is 0 Å². The summed E-state index contributed by atoms with van der Waals surface area (Å²) in [6.07, 6.45) is 34.6. The van der Waals surface area contributed by atoms with Crippen LogP contribution in [0.2, 0.25) is 0 Å². The lowest BCUT2D eigenvalue weighted by atomic mass is 10.2. The predicted molar refractivity (Wildman–Crippen MR) is 103 cm³/mol. The molecule has 22 heavy (non-hydrogen) atoms. The van der Waals surface area contributed by atoms with Crippen molar-refractivity contribution in [2.75, 3.05) is 0 Å². The van der Waals surface area contributed by atoms with Crippen LogP contribution in [0.3, 0.4) is 0 Å². The third-order valence-corrected chi connectivity index (χ3v) is 3.30. The SMILES string of the molecule is CCC=CCCC=CCC=CCCC=CCCC=CCCC. The lowest BCUT2D eigenvalue weighted by molar-refractivity contribution is 0.941. The third-order valence-electron chi connectivity index (χ3n) is 3.30. The van der Waals surface area contributed by atoms with Crippen molar-refractivity contribution in [3.8, 4) is 0 Å². The molecule has 0 saturated heterocycles. The first kappa shape index (κ1) is 20.7. The van der Waals surface area contributed by atoms with Crippen molar-refractivity contribution in [3.63, 3.8) is 0 Å². The molecule has 0 bridgehead atoms. The van der Waals surface area contributed by atoms with Gasteiger partial charge >= 0.3 is 0 Å². The maximum Gasteiger partial charge on any atom is -0.0169 e. The highest BCUT2D eigenvalue weighted by Crippen LogP contribution is 2.00. The van der Waals surface area contributed by atoms with Crippen molar-refractivity contribution in [3.05, 3.63) is 60.8 Å². The van der Waals surface area contributed by atoms with Crippen molar-refractivity contribution in [1.29, 1.82) is 0 Å². The Morgan fingerprint density at radius 3 is 1.18 bits per heavy atom. The fourth-order valence-corrected chi connectivity index (χ4v) is 2.01. The zero-order valence-corrected chi connectivity index (χ0v) is 14.8. The summed E-state index contributed by atoms with van der Waals surface area (Å²) in [6, 6.07) is 0. The topological polar surface area (TPSA) is 0 Å². The highest BCUT2D eigenvalue weighted by Gasteiger charge is 1.80. The van der Waals surface area contributed by atoms with E-state index >= 15 is 0 Å². The molecule has 0 nitrogen and oxygen atoms in total. The Hall–Kier alpha value is -1.30. The molecule has 0 aliphatic rings. The van der Waals surface area contributed by atoms with Gasteiger partial charge in [-0.15, -0.1) is 0 Å². The first-order valence-corrected chi connectivity index (χ1v) is 9.16. The van der Waals surface area contributed by atoms with E-state index in [0.29, 0.717) is 0 Å². The highest BCUT2D eigenvalue weighted by molar-refractivity contribution is 4.95. The summed E-state index contributed by atoms with van der Waals surface area (Å²) < 4.78 is 0. The van der Waals surface area contributed by atoms with Gasteiger partial charge in [-0.2, -0.15) is 0 Å². The van der Waals surface area contributed by atoms with Crippen molar-refractivity contribution in [1.82, 2.24) is 0 Å². The summed E-state index contributed by atoms with van der Waals surface area (Å²) in [7, 11) is 0. The van der Waals surface area contributed by atoms with Gasteiger partial charge in [0.25, 0.3) is 0 Å². The van der Waals surface area contributed by atoms with Gasteiger partial charge in [-0.1, -0.05) is 81.0 Å². The Morgan fingerprint density at radius 2 is 0.773 bits per heavy atom. The first-order chi connectivity index (χ1) is 10.9. The molecule has 0 radical (unpaired) electrons. The minimum absolute atomic E-state index is 1.07. The largest absolute Gasteiger partial charge is 0.0888 e. The van der Waals surface area contributed by atoms with Gasteiger partial charge in [-0.3, -0.25) is 0 Å². The molecular formula is C22H36. The van der Waals surface area contributed by atoms with E-state index in [-0.39, 0.29) is 0 Å². The van der Waals surface area contributed by atoms with Crippen LogP contribution in [-0.2, 0) is 0 Å². The quantitative estimate of drug-likeness (QED) is 0.227. The van der Waals surface area contributed by atoms with Crippen LogP contribution < -0.4 is 0 Å². The molecular weight excluding hydrogens is 264 g/mol. The zero-order chi connectivity index (χ0) is 16.1. The molecule has 0 heteroatoms. The van der Waals surface area contributed by atoms with Gasteiger partial charge in [0.05, 0.1) is 0 Å². The lowest BCUT2D eigenvalue weighted by Gasteiger charge is -1.89. The monoisotopic (exact) mass is 300 g/mol. The van der Waals surface area contributed by atoms with Crippen LogP contribution in [-0.4, -0.2) is 0 Å². The Morgan fingerprint density at radius 1 is 0.409 bits per heavy atom. The molecule has 0 unspecified atom stereocenters. The molecule has 0 aliphatic heterocycles. The summed E-state index contributed by atoms with van der Waals surface area (Å²) in [5.41, 5.74) is 0. The van der Waals surface area contributed by atoms with Gasteiger partial charge in [0.1, 0.15) is 0 Å². The standard InChI is InChI=1S/C22H36/c1-3-5-7-9-11-13-15-17-19-21-22-20-18-16-14-12-10-8-6-4-2/h5,7-8,10,13,15-16,18-19,21H,3-4,6,9,11-12,14,17,20,22H2,1-2H3. The maximum atomic E-state index is 2.31. The average molecular weight is 301 g/mol. The molecule has 0 rings (SSSR count). The molecule has 0 aromatic heterocycles. The summed E-state index contributed by atoms with van der Waals surface area (Å²) in [4.78, 5) is 0. The molecule has 0 fully saturated rings. The van der Waals surface area contributed by atoms with E-state index in [2.05, 4.69) is 74.6 Å². The van der Waals surface area contributed by atoms with Gasteiger partial charge in [-0.05, 0) is 57.8 Å². The maximum absolute atomic E-state index is 2.31. The van der Waals surface area contributed by atoms with Crippen molar-refractivity contribution >= 4 is 0 Å². The van der Waals surface area contributed by atoms with Crippen LogP contribution in [0.1, 0.15) is 78.1 Å². The fraction of sp³-hybridized carbons (Fsp3) is 0.545. The van der Waals surface area contributed by atoms with Crippen LogP contribution >= 0.6 is 0 Å². The predicted octanol–water partition coefficient (Wildman–Crippen LogP) is 7.71. The van der Waals surface area contributed by atoms with E-state index in [1.54, 1.807) is 0 Å². The summed E-state index contributed by atoms with van der Waals surface area (Å²) in [6.45, 7) is 4.40. The lowest BCUT2D eigenvalue weighted by Crippen LogP contribution is -1.69. The van der Waals surface area contributed by atoms with E-state index in [9.17, 15) is 0 Å². The van der Waals surface area contributed by atoms with E-state index in [1.165, 1.54) is 44.9 Å². The van der Waals surface area contributed by atoms with Crippen molar-refractivity contribution in [2.24, 2.45) is 0 Å². The Bertz CT molecular complexity index is 339. The number of hydrogen-bond donors (Lipinski definition) is 0. The molecule has 0 amide bonds. The highest BCUT2D eigenvalue weighted by atomic mass is 13.9. The fourth-order valence-electron chi connectivity index (χ4n) is 2.01. The van der Waals surface area contributed by atoms with E-state index < -0.39 is 0 Å². The number of hydrogen-bond acceptors (Lipinski definition) is 0. The molecule has 0 spiro atoms. The van der Waals surface area contributed by atoms with Crippen molar-refractivity contribution in [2.45, 2.75) is 78.1 Å². The molecule has 0 aliphatic carbocycles. The normalized spacial score (nSPS) is 13.0. The van der Waals surface area contributed by atoms with Crippen LogP contribution in [0.25, 0.3) is 0 Å². The van der Waals surface area contributed by atoms with Crippen LogP contribution in [0.5, 0.6) is 0 Å². The molecule has 0 heterocycles. The second-order valence-electron chi connectivity index (χ2n) is 5.52. The number of unbranched alkanes of at least 4 members (excludes halogenated alkanes) is 4. The molecule has 0 atom stereocenters. The van der Waals surface area contributed by atoms with Crippen LogP contribution in [0, 0.1) is 0 Å². The molecule has 0 N–H and O–H groups in total. The second kappa shape index (κ2) is 19.7. The van der Waals surface area contributed by atoms with Gasteiger partial charge < -0.3 is 0 Å². The summed E-state index contributed by atoms with van der Waals surface area (Å²) >= 11 is 0. The second-order valence-corrected chi connectivity index (χ2v) is 5.52. The van der Waals surface area contributed by atoms with Gasteiger partial charge in [0, 0.05) is 0 Å². The summed E-state index contributed by atoms with van der Waals surface area (Å²) in [5.74, 6) is 0. The smallest absolute Gasteiger partial charge is 0.0169 e. The third kappa shape index (κ3) is 18.7. The van der Waals surface area contributed by atoms with E-state index in [0.717, 1.165) is 19.3 Å². The summed E-state index contributed by atoms with van der Waals surface area (Å²) in [5, 5.41) is 0. The minimum atomic E-state index is 1.07. The number of allylic oxidation sites excluding steroid dienone is 10. The Balaban J connectivity index is 3.36.